The molecule has 4 nitrogen and oxygen atoms in total. The molecule has 1 aliphatic carbocycles. The summed E-state index contributed by atoms with van der Waals surface area (Å²) in [6, 6.07) is 18.7. The predicted octanol–water partition coefficient (Wildman–Crippen LogP) is 6.20. The van der Waals surface area contributed by atoms with Crippen LogP contribution >= 0.6 is 0 Å². The molecule has 1 aromatic heterocycles. The van der Waals surface area contributed by atoms with E-state index >= 15 is 0 Å². The van der Waals surface area contributed by atoms with Crippen LogP contribution in [0, 0.1) is 0 Å². The molecule has 4 rings (SSSR count). The normalized spacial score (nSPS) is 16.1. The van der Waals surface area contributed by atoms with Crippen LogP contribution in [0.2, 0.25) is 0 Å². The predicted molar refractivity (Wildman–Crippen MR) is 117 cm³/mol. The van der Waals surface area contributed by atoms with E-state index in [2.05, 4.69) is 37.3 Å². The number of benzene rings is 2. The highest BCUT2D eigenvalue weighted by atomic mass is 16.6. The van der Waals surface area contributed by atoms with Crippen molar-refractivity contribution in [2.75, 3.05) is 0 Å². The van der Waals surface area contributed by atoms with Crippen molar-refractivity contribution in [1.29, 1.82) is 0 Å². The lowest BCUT2D eigenvalue weighted by Crippen LogP contribution is -2.14. The molecule has 0 radical (unpaired) electrons. The van der Waals surface area contributed by atoms with Crippen molar-refractivity contribution in [2.45, 2.75) is 64.1 Å². The van der Waals surface area contributed by atoms with Gasteiger partial charge in [0.25, 0.3) is 0 Å². The monoisotopic (exact) mass is 390 g/mol. The fraction of sp³-hybridized carbons (Fsp3) is 0.400. The molecule has 1 fully saturated rings. The quantitative estimate of drug-likeness (QED) is 0.488. The van der Waals surface area contributed by atoms with Crippen molar-refractivity contribution in [3.05, 3.63) is 71.4 Å². The second-order valence-electron chi connectivity index (χ2n) is 7.92. The molecule has 29 heavy (non-hydrogen) atoms. The summed E-state index contributed by atoms with van der Waals surface area (Å²) >= 11 is 0. The molecule has 1 aliphatic rings. The molecule has 0 spiro atoms. The Balaban J connectivity index is 1.65. The summed E-state index contributed by atoms with van der Waals surface area (Å²) in [5, 5.41) is 1.14. The summed E-state index contributed by atoms with van der Waals surface area (Å²) in [7, 11) is 0. The molecule has 3 aromatic rings. The molecule has 0 saturated heterocycles. The number of hydrogen-bond acceptors (Lipinski definition) is 4. The minimum atomic E-state index is -0.168. The van der Waals surface area contributed by atoms with Gasteiger partial charge in [-0.15, -0.1) is 0 Å². The van der Waals surface area contributed by atoms with Crippen LogP contribution in [0.15, 0.2) is 54.6 Å². The molecule has 1 saturated carbocycles. The molecular weight excluding hydrogens is 360 g/mol. The first kappa shape index (κ1) is 19.9. The Hall–Kier alpha value is -2.43. The van der Waals surface area contributed by atoms with E-state index in [1.807, 2.05) is 24.3 Å². The Morgan fingerprint density at radius 1 is 1.00 bits per heavy atom. The van der Waals surface area contributed by atoms with Gasteiger partial charge < -0.3 is 4.74 Å². The zero-order valence-corrected chi connectivity index (χ0v) is 17.1. The fourth-order valence-electron chi connectivity index (χ4n) is 4.45. The average Bonchev–Trinajstić information content (AvgIpc) is 2.79. The summed E-state index contributed by atoms with van der Waals surface area (Å²) in [4.78, 5) is 10.0. The van der Waals surface area contributed by atoms with Gasteiger partial charge in [-0.1, -0.05) is 68.7 Å². The first-order chi connectivity index (χ1) is 14.3. The lowest BCUT2D eigenvalue weighted by molar-refractivity contribution is 0.0474. The molecule has 152 valence electrons. The van der Waals surface area contributed by atoms with Gasteiger partial charge in [-0.2, -0.15) is 0 Å². The maximum absolute atomic E-state index is 6.44. The first-order valence-electron chi connectivity index (χ1n) is 10.8. The first-order valence-corrected chi connectivity index (χ1v) is 10.8. The Morgan fingerprint density at radius 3 is 2.62 bits per heavy atom. The number of ether oxygens (including phenoxy) is 1. The third kappa shape index (κ3) is 4.44. The van der Waals surface area contributed by atoms with Gasteiger partial charge in [-0.05, 0) is 42.9 Å². The summed E-state index contributed by atoms with van der Waals surface area (Å²) in [5.74, 6) is 7.09. The summed E-state index contributed by atoms with van der Waals surface area (Å²) < 4.78 is 6.44. The summed E-state index contributed by atoms with van der Waals surface area (Å²) in [6.07, 6.45) is 6.96. The smallest absolute Gasteiger partial charge is 0.130 e. The molecule has 1 unspecified atom stereocenters. The maximum Gasteiger partial charge on any atom is 0.130 e. The largest absolute Gasteiger partial charge is 0.487 e. The van der Waals surface area contributed by atoms with Crippen LogP contribution < -0.4 is 10.6 Å². The van der Waals surface area contributed by atoms with E-state index in [0.29, 0.717) is 12.5 Å². The molecule has 2 N–H and O–H groups in total. The van der Waals surface area contributed by atoms with Crippen LogP contribution in [0.4, 0.5) is 0 Å². The second-order valence-corrected chi connectivity index (χ2v) is 7.92. The zero-order chi connectivity index (χ0) is 20.1. The van der Waals surface area contributed by atoms with Gasteiger partial charge in [-0.25, -0.2) is 10.9 Å². The number of aromatic nitrogens is 1. The second kappa shape index (κ2) is 9.38. The number of nitrogens with two attached hydrogens (primary N) is 1. The van der Waals surface area contributed by atoms with E-state index < -0.39 is 0 Å². The van der Waals surface area contributed by atoms with Gasteiger partial charge in [0.2, 0.25) is 0 Å². The number of rotatable bonds is 7. The topological polar surface area (TPSA) is 57.4 Å². The van der Waals surface area contributed by atoms with Gasteiger partial charge in [0.15, 0.2) is 0 Å². The SMILES string of the molecule is CCC(ON)c1cccc(C2CCCCC2)c1OCc1ccc2ccccc2n1. The van der Waals surface area contributed by atoms with Crippen molar-refractivity contribution in [1.82, 2.24) is 4.98 Å². The van der Waals surface area contributed by atoms with Gasteiger partial charge >= 0.3 is 0 Å². The third-order valence-electron chi connectivity index (χ3n) is 6.02. The van der Waals surface area contributed by atoms with Gasteiger partial charge in [0.05, 0.1) is 11.2 Å². The number of nitrogens with zero attached hydrogens (tertiary/aromatic N) is 1. The lowest BCUT2D eigenvalue weighted by atomic mass is 9.82. The fourth-order valence-corrected chi connectivity index (χ4v) is 4.45. The van der Waals surface area contributed by atoms with Crippen molar-refractivity contribution in [3.8, 4) is 5.75 Å². The summed E-state index contributed by atoms with van der Waals surface area (Å²) in [6.45, 7) is 2.52. The Bertz CT molecular complexity index is 946. The summed E-state index contributed by atoms with van der Waals surface area (Å²) in [5.41, 5.74) is 4.25. The molecular formula is C25H30N2O2. The van der Waals surface area contributed by atoms with Crippen molar-refractivity contribution in [2.24, 2.45) is 5.90 Å². The number of para-hydroxylation sites is 2. The molecule has 0 amide bonds. The molecule has 0 aliphatic heterocycles. The van der Waals surface area contributed by atoms with Crippen LogP contribution in [-0.4, -0.2) is 4.98 Å². The molecule has 2 aromatic carbocycles. The van der Waals surface area contributed by atoms with Crippen LogP contribution in [0.25, 0.3) is 10.9 Å². The average molecular weight is 391 g/mol. The van der Waals surface area contributed by atoms with E-state index in [-0.39, 0.29) is 6.10 Å². The van der Waals surface area contributed by atoms with E-state index in [4.69, 9.17) is 20.5 Å². The molecule has 4 heteroatoms. The van der Waals surface area contributed by atoms with Crippen molar-refractivity contribution >= 4 is 10.9 Å². The lowest BCUT2D eigenvalue weighted by Gasteiger charge is -2.27. The highest BCUT2D eigenvalue weighted by molar-refractivity contribution is 5.78. The minimum Gasteiger partial charge on any atom is -0.487 e. The van der Waals surface area contributed by atoms with Crippen LogP contribution in [0.5, 0.6) is 5.75 Å². The highest BCUT2D eigenvalue weighted by Crippen LogP contribution is 2.41. The minimum absolute atomic E-state index is 0.168. The molecule has 1 heterocycles. The Labute approximate surface area is 173 Å². The van der Waals surface area contributed by atoms with Gasteiger partial charge in [0.1, 0.15) is 18.5 Å². The van der Waals surface area contributed by atoms with E-state index in [0.717, 1.165) is 34.3 Å². The van der Waals surface area contributed by atoms with Gasteiger partial charge in [-0.3, -0.25) is 4.84 Å². The van der Waals surface area contributed by atoms with Crippen molar-refractivity contribution < 1.29 is 9.57 Å². The van der Waals surface area contributed by atoms with Crippen LogP contribution in [-0.2, 0) is 11.4 Å². The van der Waals surface area contributed by atoms with Crippen LogP contribution in [0.1, 0.15) is 74.3 Å². The molecule has 0 bridgehead atoms. The zero-order valence-electron chi connectivity index (χ0n) is 17.1. The van der Waals surface area contributed by atoms with Gasteiger partial charge in [0, 0.05) is 10.9 Å². The standard InChI is InChI=1S/C25H30N2O2/c1-2-24(29-26)22-13-8-12-21(18-9-4-3-5-10-18)25(22)28-17-20-16-15-19-11-6-7-14-23(19)27-20/h6-8,11-16,18,24H,2-5,9-10,17,26H2,1H3. The Morgan fingerprint density at radius 2 is 1.83 bits per heavy atom. The molecule has 1 atom stereocenters. The highest BCUT2D eigenvalue weighted by Gasteiger charge is 2.24. The number of fused-ring (bicyclic) bond motifs is 1. The third-order valence-corrected chi connectivity index (χ3v) is 6.02. The Kier molecular flexibility index (Phi) is 6.43. The van der Waals surface area contributed by atoms with E-state index in [1.165, 1.54) is 37.7 Å². The van der Waals surface area contributed by atoms with Crippen molar-refractivity contribution in [3.63, 3.8) is 0 Å². The van der Waals surface area contributed by atoms with E-state index in [1.54, 1.807) is 0 Å². The van der Waals surface area contributed by atoms with Crippen LogP contribution in [0.3, 0.4) is 0 Å². The maximum atomic E-state index is 6.44. The van der Waals surface area contributed by atoms with E-state index in [9.17, 15) is 0 Å². The number of pyridine rings is 1. The number of hydrogen-bond donors (Lipinski definition) is 1.